The molecule has 0 aliphatic heterocycles. The summed E-state index contributed by atoms with van der Waals surface area (Å²) in [5.41, 5.74) is 0. The predicted octanol–water partition coefficient (Wildman–Crippen LogP) is 1.72. The first-order chi connectivity index (χ1) is 1.00. The Labute approximate surface area is 55.3 Å². The minimum absolute atomic E-state index is 0. The van der Waals surface area contributed by atoms with Gasteiger partial charge in [-0.05, 0) is 0 Å². The maximum absolute atomic E-state index is 2.00. The molecule has 0 aromatic carbocycles. The van der Waals surface area contributed by atoms with Crippen LogP contribution >= 0.6 is 0 Å². The van der Waals surface area contributed by atoms with E-state index in [9.17, 15) is 0 Å². The molecule has 0 saturated heterocycles. The molecule has 0 aliphatic rings. The summed E-state index contributed by atoms with van der Waals surface area (Å²) in [4.78, 5) is 0. The molecule has 0 unspecified atom stereocenters. The fourth-order valence-electron chi connectivity index (χ4n) is 0. The molecule has 0 saturated carbocycles. The number of hydrogen-bond donors (Lipinski definition) is 0. The quantitative estimate of drug-likeness (QED) is 0.446. The maximum Gasteiger partial charge on any atom is 0 e. The van der Waals surface area contributed by atoms with Gasteiger partial charge in [0, 0.05) is 34.1 Å². The van der Waals surface area contributed by atoms with E-state index in [4.69, 9.17) is 0 Å². The average molecular weight is 137 g/mol. The van der Waals surface area contributed by atoms with Gasteiger partial charge in [-0.1, -0.05) is 13.8 Å². The standard InChI is InChI=1S/C2H6.CH3.Y.H2/c1-2;;;/h1-2H3;1H3;;1H/q;-1;;/i;;;1+1. The molecule has 0 fully saturated rings. The third kappa shape index (κ3) is 11.3. The van der Waals surface area contributed by atoms with Crippen LogP contribution in [0.25, 0.3) is 0 Å². The summed E-state index contributed by atoms with van der Waals surface area (Å²) < 4.78 is 0. The van der Waals surface area contributed by atoms with Crippen LogP contribution in [0.4, 0.5) is 0 Å². The van der Waals surface area contributed by atoms with Crippen molar-refractivity contribution in [1.29, 1.82) is 0 Å². The molecular formula is C3H11Y-. The smallest absolute Gasteiger partial charge is 0 e. The van der Waals surface area contributed by atoms with Crippen LogP contribution in [0.1, 0.15) is 15.3 Å². The molecule has 0 bridgehead atoms. The van der Waals surface area contributed by atoms with Gasteiger partial charge in [0.2, 0.25) is 0 Å². The molecule has 0 heterocycles. The zero-order chi connectivity index (χ0) is 2.00. The molecule has 0 amide bonds. The van der Waals surface area contributed by atoms with Gasteiger partial charge in [0.25, 0.3) is 0 Å². The van der Waals surface area contributed by atoms with Crippen LogP contribution < -0.4 is 0 Å². The first-order valence-electron chi connectivity index (χ1n) is 1.00. The second-order valence-corrected chi connectivity index (χ2v) is 0. The molecule has 0 aliphatic carbocycles. The fourth-order valence-corrected chi connectivity index (χ4v) is 0. The Kier molecular flexibility index (Phi) is 158. The molecule has 27 valence electrons. The van der Waals surface area contributed by atoms with Crippen molar-refractivity contribution < 1.29 is 34.1 Å². The predicted molar refractivity (Wildman–Crippen MR) is 19.9 cm³/mol. The summed E-state index contributed by atoms with van der Waals surface area (Å²) in [5, 5.41) is 0. The van der Waals surface area contributed by atoms with Gasteiger partial charge in [-0.25, -0.2) is 0 Å². The molecule has 1 radical (unpaired) electrons. The molecule has 0 nitrogen and oxygen atoms in total. The van der Waals surface area contributed by atoms with Crippen molar-refractivity contribution in [3.63, 3.8) is 0 Å². The van der Waals surface area contributed by atoms with Crippen molar-refractivity contribution in [2.45, 2.75) is 13.8 Å². The molecule has 0 N–H and O–H groups in total. The monoisotopic (exact) mass is 137 g/mol. The fraction of sp³-hybridized carbons (Fsp3) is 0.667. The van der Waals surface area contributed by atoms with Crippen LogP contribution in [-0.4, -0.2) is 0 Å². The van der Waals surface area contributed by atoms with Crippen LogP contribution in [0.3, 0.4) is 0 Å². The summed E-state index contributed by atoms with van der Waals surface area (Å²) >= 11 is 0. The van der Waals surface area contributed by atoms with Crippen molar-refractivity contribution in [3.05, 3.63) is 7.43 Å². The van der Waals surface area contributed by atoms with E-state index in [1.165, 1.54) is 0 Å². The average Bonchev–Trinajstić information content (AvgIpc) is 1.00. The SMILES string of the molecule is CC.[2HH].[CH3-].[Y]. The van der Waals surface area contributed by atoms with Gasteiger partial charge in [0.15, 0.2) is 0 Å². The van der Waals surface area contributed by atoms with E-state index in [0.29, 0.717) is 0 Å². The van der Waals surface area contributed by atoms with Crippen molar-refractivity contribution in [2.75, 3.05) is 0 Å². The van der Waals surface area contributed by atoms with Crippen LogP contribution in [0, 0.1) is 7.43 Å². The Balaban J connectivity index is -0.00000000167. The van der Waals surface area contributed by atoms with Gasteiger partial charge in [0.05, 0.1) is 0 Å². The minimum Gasteiger partial charge on any atom is -0.358 e. The summed E-state index contributed by atoms with van der Waals surface area (Å²) in [6.07, 6.45) is 0. The first-order valence-corrected chi connectivity index (χ1v) is 1.00. The molecule has 0 aromatic rings. The van der Waals surface area contributed by atoms with Crippen LogP contribution in [-0.2, 0) is 32.7 Å². The van der Waals surface area contributed by atoms with Gasteiger partial charge in [-0.2, -0.15) is 0 Å². The van der Waals surface area contributed by atoms with Crippen LogP contribution in [0.2, 0.25) is 0 Å². The number of rotatable bonds is 0. The Bertz CT molecular complexity index is 6.85. The normalized spacial score (nSPS) is 1.50. The topological polar surface area (TPSA) is 0 Å². The third-order valence-corrected chi connectivity index (χ3v) is 0. The summed E-state index contributed by atoms with van der Waals surface area (Å²) in [5.74, 6) is 0. The van der Waals surface area contributed by atoms with E-state index < -0.39 is 0 Å². The Morgan fingerprint density at radius 3 is 1.25 bits per heavy atom. The molecular weight excluding hydrogens is 125 g/mol. The van der Waals surface area contributed by atoms with Gasteiger partial charge < -0.3 is 7.43 Å². The van der Waals surface area contributed by atoms with E-state index in [-0.39, 0.29) is 41.6 Å². The number of hydrogen-bond acceptors (Lipinski definition) is 0. The Morgan fingerprint density at radius 1 is 1.25 bits per heavy atom. The van der Waals surface area contributed by atoms with Crippen molar-refractivity contribution in [3.8, 4) is 0 Å². The summed E-state index contributed by atoms with van der Waals surface area (Å²) in [6, 6.07) is 0. The van der Waals surface area contributed by atoms with Crippen molar-refractivity contribution >= 4 is 0 Å². The van der Waals surface area contributed by atoms with Gasteiger partial charge >= 0.3 is 0 Å². The van der Waals surface area contributed by atoms with E-state index in [0.717, 1.165) is 0 Å². The molecule has 4 heavy (non-hydrogen) atoms. The third-order valence-electron chi connectivity index (χ3n) is 0. The second-order valence-electron chi connectivity index (χ2n) is 0. The summed E-state index contributed by atoms with van der Waals surface area (Å²) in [6.45, 7) is 4.00. The maximum atomic E-state index is 2.00. The van der Waals surface area contributed by atoms with Crippen LogP contribution in [0.5, 0.6) is 0 Å². The van der Waals surface area contributed by atoms with E-state index in [1.807, 2.05) is 13.8 Å². The van der Waals surface area contributed by atoms with Crippen molar-refractivity contribution in [1.82, 2.24) is 0 Å². The Morgan fingerprint density at radius 2 is 1.25 bits per heavy atom. The van der Waals surface area contributed by atoms with Gasteiger partial charge in [0.1, 0.15) is 0 Å². The molecule has 0 aromatic heterocycles. The summed E-state index contributed by atoms with van der Waals surface area (Å²) in [7, 11) is 0. The molecule has 0 spiro atoms. The van der Waals surface area contributed by atoms with Crippen molar-refractivity contribution in [2.24, 2.45) is 0 Å². The van der Waals surface area contributed by atoms with Gasteiger partial charge in [-0.3, -0.25) is 0 Å². The Hall–Kier alpha value is 1.10. The molecule has 0 rings (SSSR count). The zero-order valence-corrected chi connectivity index (χ0v) is 6.42. The molecule has 0 atom stereocenters. The molecule has 1 heteroatoms. The van der Waals surface area contributed by atoms with Gasteiger partial charge in [-0.15, -0.1) is 0 Å². The van der Waals surface area contributed by atoms with E-state index in [2.05, 4.69) is 0 Å². The van der Waals surface area contributed by atoms with Crippen LogP contribution in [0.15, 0.2) is 0 Å². The van der Waals surface area contributed by atoms with E-state index in [1.54, 1.807) is 0 Å². The zero-order valence-electron chi connectivity index (χ0n) is 3.58. The second kappa shape index (κ2) is 32.4. The first kappa shape index (κ1) is 19.4. The largest absolute Gasteiger partial charge is 0.358 e. The minimum atomic E-state index is 0. The van der Waals surface area contributed by atoms with E-state index >= 15 is 0 Å².